The van der Waals surface area contributed by atoms with Crippen LogP contribution in [0.15, 0.2) is 18.2 Å². The summed E-state index contributed by atoms with van der Waals surface area (Å²) in [6, 6.07) is 5.58. The van der Waals surface area contributed by atoms with Gasteiger partial charge >= 0.3 is 5.97 Å². The second-order valence-electron chi connectivity index (χ2n) is 4.76. The quantitative estimate of drug-likeness (QED) is 0.845. The van der Waals surface area contributed by atoms with Crippen molar-refractivity contribution < 1.29 is 15.0 Å². The number of hydrogen-bond acceptors (Lipinski definition) is 2. The molecular weight excluding hydrogens is 216 g/mol. The first-order valence-electron chi connectivity index (χ1n) is 6.16. The average Bonchev–Trinajstić information content (AvgIpc) is 2.28. The van der Waals surface area contributed by atoms with Crippen LogP contribution in [-0.4, -0.2) is 16.2 Å². The molecule has 0 saturated heterocycles. The molecule has 0 radical (unpaired) electrons. The largest absolute Gasteiger partial charge is 0.508 e. The molecule has 1 aromatic rings. The first kappa shape index (κ1) is 12.0. The lowest BCUT2D eigenvalue weighted by molar-refractivity contribution is -0.138. The van der Waals surface area contributed by atoms with Crippen molar-refractivity contribution in [2.24, 2.45) is 5.92 Å². The minimum absolute atomic E-state index is 0.201. The lowest BCUT2D eigenvalue weighted by Crippen LogP contribution is -2.22. The Balaban J connectivity index is 2.33. The number of fused-ring (bicyclic) bond motifs is 1. The Hall–Kier alpha value is -1.51. The lowest BCUT2D eigenvalue weighted by Gasteiger charge is -2.32. The molecule has 3 heteroatoms. The molecule has 0 heterocycles. The van der Waals surface area contributed by atoms with Crippen molar-refractivity contribution in [1.82, 2.24) is 0 Å². The van der Waals surface area contributed by atoms with Crippen molar-refractivity contribution in [1.29, 1.82) is 0 Å². The maximum Gasteiger partial charge on any atom is 0.303 e. The van der Waals surface area contributed by atoms with E-state index < -0.39 is 5.97 Å². The fraction of sp³-hybridized carbons (Fsp3) is 0.500. The zero-order valence-corrected chi connectivity index (χ0v) is 10.0. The fourth-order valence-corrected chi connectivity index (χ4v) is 3.02. The van der Waals surface area contributed by atoms with E-state index in [1.165, 1.54) is 0 Å². The molecule has 0 bridgehead atoms. The molecule has 0 aromatic heterocycles. The number of phenolic OH excluding ortho intramolecular Hbond substituents is 1. The summed E-state index contributed by atoms with van der Waals surface area (Å²) in [6.07, 6.45) is 2.80. The molecule has 1 aliphatic rings. The van der Waals surface area contributed by atoms with Gasteiger partial charge in [-0.2, -0.15) is 0 Å². The monoisotopic (exact) mass is 234 g/mol. The van der Waals surface area contributed by atoms with Crippen molar-refractivity contribution in [3.8, 4) is 5.75 Å². The van der Waals surface area contributed by atoms with Gasteiger partial charge in [0.25, 0.3) is 0 Å². The molecule has 3 nitrogen and oxygen atoms in total. The third-order valence-corrected chi connectivity index (χ3v) is 3.80. The Labute approximate surface area is 101 Å². The van der Waals surface area contributed by atoms with Gasteiger partial charge in [0.05, 0.1) is 0 Å². The second-order valence-corrected chi connectivity index (χ2v) is 4.76. The van der Waals surface area contributed by atoms with Crippen molar-refractivity contribution >= 4 is 5.97 Å². The standard InChI is InChI=1S/C14H18O3/c1-2-10-9(8-14(16)17)6-7-12-11(10)4-3-5-13(12)15/h3-5,9-10,15H,2,6-8H2,1H3,(H,16,17). The fourth-order valence-electron chi connectivity index (χ4n) is 3.02. The zero-order chi connectivity index (χ0) is 12.4. The van der Waals surface area contributed by atoms with Gasteiger partial charge in [-0.25, -0.2) is 0 Å². The number of aliphatic carboxylic acids is 1. The van der Waals surface area contributed by atoms with Gasteiger partial charge in [-0.15, -0.1) is 0 Å². The Kier molecular flexibility index (Phi) is 3.36. The van der Waals surface area contributed by atoms with Gasteiger partial charge in [-0.3, -0.25) is 4.79 Å². The van der Waals surface area contributed by atoms with E-state index >= 15 is 0 Å². The lowest BCUT2D eigenvalue weighted by atomic mass is 9.72. The molecule has 2 unspecified atom stereocenters. The minimum Gasteiger partial charge on any atom is -0.508 e. The van der Waals surface area contributed by atoms with E-state index in [0.717, 1.165) is 30.4 Å². The number of benzene rings is 1. The summed E-state index contributed by atoms with van der Waals surface area (Å²) in [5.41, 5.74) is 2.16. The number of carboxylic acids is 1. The Bertz CT molecular complexity index is 425. The minimum atomic E-state index is -0.725. The molecule has 0 fully saturated rings. The van der Waals surface area contributed by atoms with E-state index in [1.807, 2.05) is 12.1 Å². The first-order chi connectivity index (χ1) is 8.13. The van der Waals surface area contributed by atoms with Gasteiger partial charge in [-0.1, -0.05) is 19.1 Å². The second kappa shape index (κ2) is 4.78. The van der Waals surface area contributed by atoms with Crippen molar-refractivity contribution in [2.75, 3.05) is 0 Å². The number of aromatic hydroxyl groups is 1. The highest BCUT2D eigenvalue weighted by atomic mass is 16.4. The maximum absolute atomic E-state index is 10.9. The molecule has 2 atom stereocenters. The van der Waals surface area contributed by atoms with Crippen molar-refractivity contribution in [2.45, 2.75) is 38.5 Å². The van der Waals surface area contributed by atoms with Gasteiger partial charge in [0.15, 0.2) is 0 Å². The Morgan fingerprint density at radius 3 is 2.88 bits per heavy atom. The van der Waals surface area contributed by atoms with E-state index in [1.54, 1.807) is 6.07 Å². The van der Waals surface area contributed by atoms with E-state index in [9.17, 15) is 9.90 Å². The number of carboxylic acid groups (broad SMARTS) is 1. The first-order valence-corrected chi connectivity index (χ1v) is 6.16. The maximum atomic E-state index is 10.9. The van der Waals surface area contributed by atoms with Crippen LogP contribution in [0.3, 0.4) is 0 Å². The Morgan fingerprint density at radius 2 is 2.24 bits per heavy atom. The summed E-state index contributed by atoms with van der Waals surface area (Å²) in [5, 5.41) is 18.8. The predicted molar refractivity (Wildman–Crippen MR) is 65.2 cm³/mol. The molecule has 1 aromatic carbocycles. The third-order valence-electron chi connectivity index (χ3n) is 3.80. The summed E-state index contributed by atoms with van der Waals surface area (Å²) in [4.78, 5) is 10.9. The van der Waals surface area contributed by atoms with Crippen molar-refractivity contribution in [3.63, 3.8) is 0 Å². The van der Waals surface area contributed by atoms with Crippen LogP contribution in [0.2, 0.25) is 0 Å². The Morgan fingerprint density at radius 1 is 1.47 bits per heavy atom. The molecule has 17 heavy (non-hydrogen) atoms. The zero-order valence-electron chi connectivity index (χ0n) is 10.0. The van der Waals surface area contributed by atoms with E-state index in [0.29, 0.717) is 5.75 Å². The number of phenols is 1. The normalized spacial score (nSPS) is 23.1. The summed E-state index contributed by atoms with van der Waals surface area (Å²) in [7, 11) is 0. The van der Waals surface area contributed by atoms with Crippen LogP contribution in [0.1, 0.15) is 43.2 Å². The number of rotatable bonds is 3. The van der Waals surface area contributed by atoms with Gasteiger partial charge in [0.2, 0.25) is 0 Å². The van der Waals surface area contributed by atoms with Crippen molar-refractivity contribution in [3.05, 3.63) is 29.3 Å². The average molecular weight is 234 g/mol. The highest BCUT2D eigenvalue weighted by molar-refractivity contribution is 5.67. The molecular formula is C14H18O3. The highest BCUT2D eigenvalue weighted by Crippen LogP contribution is 2.42. The van der Waals surface area contributed by atoms with Crippen LogP contribution >= 0.6 is 0 Å². The third kappa shape index (κ3) is 2.28. The predicted octanol–water partition coefficient (Wildman–Crippen LogP) is 2.92. The van der Waals surface area contributed by atoms with Gasteiger partial charge in [0, 0.05) is 6.42 Å². The molecule has 1 aliphatic carbocycles. The molecule has 0 saturated carbocycles. The van der Waals surface area contributed by atoms with E-state index in [2.05, 4.69) is 6.92 Å². The molecule has 0 amide bonds. The smallest absolute Gasteiger partial charge is 0.303 e. The molecule has 92 valence electrons. The van der Waals surface area contributed by atoms with Crippen LogP contribution in [0.4, 0.5) is 0 Å². The SMILES string of the molecule is CCC1c2cccc(O)c2CCC1CC(=O)O. The van der Waals surface area contributed by atoms with Crippen LogP contribution in [0.25, 0.3) is 0 Å². The summed E-state index contributed by atoms with van der Waals surface area (Å²) >= 11 is 0. The van der Waals surface area contributed by atoms with Crippen LogP contribution in [0.5, 0.6) is 5.75 Å². The van der Waals surface area contributed by atoms with Crippen LogP contribution in [0, 0.1) is 5.92 Å². The van der Waals surface area contributed by atoms with E-state index in [-0.39, 0.29) is 18.3 Å². The highest BCUT2D eigenvalue weighted by Gasteiger charge is 2.30. The summed E-state index contributed by atoms with van der Waals surface area (Å²) < 4.78 is 0. The van der Waals surface area contributed by atoms with E-state index in [4.69, 9.17) is 5.11 Å². The topological polar surface area (TPSA) is 57.5 Å². The molecule has 2 rings (SSSR count). The van der Waals surface area contributed by atoms with Gasteiger partial charge < -0.3 is 10.2 Å². The molecule has 2 N–H and O–H groups in total. The van der Waals surface area contributed by atoms with Gasteiger partial charge in [-0.05, 0) is 48.3 Å². The molecule has 0 spiro atoms. The number of hydrogen-bond donors (Lipinski definition) is 2. The number of carbonyl (C=O) groups is 1. The van der Waals surface area contributed by atoms with Crippen LogP contribution in [-0.2, 0) is 11.2 Å². The molecule has 0 aliphatic heterocycles. The summed E-state index contributed by atoms with van der Waals surface area (Å²) in [6.45, 7) is 2.08. The van der Waals surface area contributed by atoms with Crippen LogP contribution < -0.4 is 0 Å². The summed E-state index contributed by atoms with van der Waals surface area (Å²) in [5.74, 6) is 0.0977. The van der Waals surface area contributed by atoms with Gasteiger partial charge in [0.1, 0.15) is 5.75 Å².